The maximum absolute atomic E-state index is 12.5. The summed E-state index contributed by atoms with van der Waals surface area (Å²) >= 11 is 5.21. The number of aromatic nitrogens is 2. The fourth-order valence-electron chi connectivity index (χ4n) is 2.15. The van der Waals surface area contributed by atoms with E-state index in [-0.39, 0.29) is 11.5 Å². The molecule has 2 aromatic rings. The van der Waals surface area contributed by atoms with Crippen LogP contribution in [0.5, 0.6) is 0 Å². The Morgan fingerprint density at radius 2 is 2.04 bits per heavy atom. The van der Waals surface area contributed by atoms with Crippen LogP contribution in [0.2, 0.25) is 0 Å². The number of amides is 1. The molecule has 0 aliphatic carbocycles. The van der Waals surface area contributed by atoms with Gasteiger partial charge in [0.05, 0.1) is 30.7 Å². The number of carbonyl (C=O) groups is 1. The van der Waals surface area contributed by atoms with Crippen molar-refractivity contribution in [2.24, 2.45) is 0 Å². The number of hydrogen-bond acceptors (Lipinski definition) is 5. The molecule has 0 aliphatic heterocycles. The van der Waals surface area contributed by atoms with E-state index in [9.17, 15) is 9.59 Å². The van der Waals surface area contributed by atoms with Gasteiger partial charge in [-0.25, -0.2) is 0 Å². The Balaban J connectivity index is 2.36. The summed E-state index contributed by atoms with van der Waals surface area (Å²) in [6, 6.07) is 4.86. The van der Waals surface area contributed by atoms with Crippen LogP contribution in [0.1, 0.15) is 10.4 Å². The summed E-state index contributed by atoms with van der Waals surface area (Å²) in [4.78, 5) is 27.5. The Morgan fingerprint density at radius 1 is 1.30 bits per heavy atom. The monoisotopic (exact) mass is 337 g/mol. The number of H-pyrrole nitrogens is 1. The normalized spacial score (nSPS) is 10.9. The standard InChI is InChI=1S/C15H19N3O4S/c1-21-7-5-16-13(19)10-3-4-11-12(9-10)17-15(23)18(14(11)20)6-8-22-2/h3-4,9H,5-8H2,1-2H3,(H,16,19)(H,17,23). The molecule has 0 unspecified atom stereocenters. The van der Waals surface area contributed by atoms with Gasteiger partial charge in [-0.1, -0.05) is 0 Å². The Bertz CT molecular complexity index is 812. The third-order valence-corrected chi connectivity index (χ3v) is 3.68. The van der Waals surface area contributed by atoms with Crippen LogP contribution < -0.4 is 10.9 Å². The van der Waals surface area contributed by atoms with Gasteiger partial charge in [-0.2, -0.15) is 0 Å². The molecule has 1 aromatic carbocycles. The summed E-state index contributed by atoms with van der Waals surface area (Å²) in [5, 5.41) is 3.20. The number of rotatable bonds is 7. The van der Waals surface area contributed by atoms with Crippen LogP contribution >= 0.6 is 12.2 Å². The van der Waals surface area contributed by atoms with E-state index in [4.69, 9.17) is 21.7 Å². The molecule has 8 heteroatoms. The predicted molar refractivity (Wildman–Crippen MR) is 89.5 cm³/mol. The van der Waals surface area contributed by atoms with Crippen LogP contribution in [0.15, 0.2) is 23.0 Å². The summed E-state index contributed by atoms with van der Waals surface area (Å²) in [5.41, 5.74) is 0.786. The van der Waals surface area contributed by atoms with E-state index < -0.39 is 0 Å². The molecule has 0 atom stereocenters. The van der Waals surface area contributed by atoms with Crippen molar-refractivity contribution in [3.8, 4) is 0 Å². The minimum absolute atomic E-state index is 0.202. The first-order valence-electron chi connectivity index (χ1n) is 7.11. The lowest BCUT2D eigenvalue weighted by Crippen LogP contribution is -2.27. The first-order chi connectivity index (χ1) is 11.1. The van der Waals surface area contributed by atoms with Crippen molar-refractivity contribution in [3.05, 3.63) is 38.9 Å². The number of ether oxygens (including phenoxy) is 2. The van der Waals surface area contributed by atoms with E-state index in [0.717, 1.165) is 0 Å². The average molecular weight is 337 g/mol. The lowest BCUT2D eigenvalue weighted by Gasteiger charge is -2.09. The van der Waals surface area contributed by atoms with Gasteiger partial charge in [-0.3, -0.25) is 14.2 Å². The minimum Gasteiger partial charge on any atom is -0.383 e. The van der Waals surface area contributed by atoms with E-state index in [1.807, 2.05) is 0 Å². The van der Waals surface area contributed by atoms with Gasteiger partial charge in [0.25, 0.3) is 11.5 Å². The zero-order valence-electron chi connectivity index (χ0n) is 13.0. The van der Waals surface area contributed by atoms with Crippen molar-refractivity contribution in [2.45, 2.75) is 6.54 Å². The third-order valence-electron chi connectivity index (χ3n) is 3.35. The number of methoxy groups -OCH3 is 2. The summed E-state index contributed by atoms with van der Waals surface area (Å²) in [6.45, 7) is 1.62. The van der Waals surface area contributed by atoms with Gasteiger partial charge in [-0.05, 0) is 30.4 Å². The molecule has 23 heavy (non-hydrogen) atoms. The molecule has 2 rings (SSSR count). The Hall–Kier alpha value is -2.03. The van der Waals surface area contributed by atoms with Gasteiger partial charge in [-0.15, -0.1) is 0 Å². The van der Waals surface area contributed by atoms with Crippen molar-refractivity contribution in [1.29, 1.82) is 0 Å². The zero-order chi connectivity index (χ0) is 16.8. The molecular formula is C15H19N3O4S. The maximum Gasteiger partial charge on any atom is 0.262 e. The molecule has 1 aromatic heterocycles. The Labute approximate surface area is 138 Å². The van der Waals surface area contributed by atoms with Crippen molar-refractivity contribution < 1.29 is 14.3 Å². The molecule has 1 amide bonds. The SMILES string of the molecule is COCCNC(=O)c1ccc2c(=O)n(CCOC)c(=S)[nH]c2c1. The van der Waals surface area contributed by atoms with Gasteiger partial charge >= 0.3 is 0 Å². The third kappa shape index (κ3) is 4.04. The van der Waals surface area contributed by atoms with Crippen molar-refractivity contribution >= 4 is 29.0 Å². The van der Waals surface area contributed by atoms with Gasteiger partial charge in [0, 0.05) is 26.3 Å². The smallest absolute Gasteiger partial charge is 0.262 e. The lowest BCUT2D eigenvalue weighted by molar-refractivity contribution is 0.0937. The highest BCUT2D eigenvalue weighted by Gasteiger charge is 2.10. The van der Waals surface area contributed by atoms with E-state index in [1.165, 1.54) is 4.57 Å². The second-order valence-corrected chi connectivity index (χ2v) is 5.28. The van der Waals surface area contributed by atoms with E-state index in [2.05, 4.69) is 10.3 Å². The summed E-state index contributed by atoms with van der Waals surface area (Å²) in [7, 11) is 3.13. The molecule has 0 saturated carbocycles. The van der Waals surface area contributed by atoms with Gasteiger partial charge < -0.3 is 19.8 Å². The molecule has 0 spiro atoms. The largest absolute Gasteiger partial charge is 0.383 e. The summed E-state index contributed by atoms with van der Waals surface area (Å²) in [5.74, 6) is -0.230. The highest BCUT2D eigenvalue weighted by atomic mass is 32.1. The second kappa shape index (κ2) is 8.00. The molecule has 7 nitrogen and oxygen atoms in total. The number of carbonyl (C=O) groups excluding carboxylic acids is 1. The highest BCUT2D eigenvalue weighted by Crippen LogP contribution is 2.11. The molecule has 0 saturated heterocycles. The molecule has 0 aliphatic rings. The van der Waals surface area contributed by atoms with Crippen molar-refractivity contribution in [1.82, 2.24) is 14.9 Å². The highest BCUT2D eigenvalue weighted by molar-refractivity contribution is 7.71. The van der Waals surface area contributed by atoms with Gasteiger partial charge in [0.1, 0.15) is 0 Å². The molecule has 0 radical (unpaired) electrons. The van der Waals surface area contributed by atoms with Crippen LogP contribution in [-0.4, -0.2) is 49.4 Å². The Kier molecular flexibility index (Phi) is 6.03. The fraction of sp³-hybridized carbons (Fsp3) is 0.400. The van der Waals surface area contributed by atoms with Crippen molar-refractivity contribution in [2.75, 3.05) is 34.0 Å². The van der Waals surface area contributed by atoms with E-state index in [1.54, 1.807) is 32.4 Å². The number of hydrogen-bond donors (Lipinski definition) is 2. The summed E-state index contributed by atoms with van der Waals surface area (Å²) in [6.07, 6.45) is 0. The first-order valence-corrected chi connectivity index (χ1v) is 7.52. The molecule has 124 valence electrons. The number of benzene rings is 1. The second-order valence-electron chi connectivity index (χ2n) is 4.89. The minimum atomic E-state index is -0.230. The molecule has 1 heterocycles. The molecule has 0 fully saturated rings. The first kappa shape index (κ1) is 17.3. The quantitative estimate of drug-likeness (QED) is 0.583. The molecule has 2 N–H and O–H groups in total. The van der Waals surface area contributed by atoms with Crippen LogP contribution in [0, 0.1) is 4.77 Å². The van der Waals surface area contributed by atoms with Crippen LogP contribution in [-0.2, 0) is 16.0 Å². The van der Waals surface area contributed by atoms with Crippen LogP contribution in [0.3, 0.4) is 0 Å². The van der Waals surface area contributed by atoms with Crippen LogP contribution in [0.4, 0.5) is 0 Å². The number of nitrogens with one attached hydrogen (secondary N) is 2. The van der Waals surface area contributed by atoms with Crippen LogP contribution in [0.25, 0.3) is 10.9 Å². The number of aromatic amines is 1. The van der Waals surface area contributed by atoms with E-state index >= 15 is 0 Å². The van der Waals surface area contributed by atoms with Gasteiger partial charge in [0.15, 0.2) is 4.77 Å². The molecule has 0 bridgehead atoms. The summed E-state index contributed by atoms with van der Waals surface area (Å²) < 4.78 is 11.6. The lowest BCUT2D eigenvalue weighted by atomic mass is 10.1. The number of nitrogens with zero attached hydrogens (tertiary/aromatic N) is 1. The van der Waals surface area contributed by atoms with Gasteiger partial charge in [0.2, 0.25) is 0 Å². The van der Waals surface area contributed by atoms with E-state index in [0.29, 0.717) is 47.5 Å². The topological polar surface area (TPSA) is 85.3 Å². The maximum atomic E-state index is 12.5. The fourth-order valence-corrected chi connectivity index (χ4v) is 2.43. The zero-order valence-corrected chi connectivity index (χ0v) is 13.9. The predicted octanol–water partition coefficient (Wildman–Crippen LogP) is 1.08. The number of fused-ring (bicyclic) bond motifs is 1. The van der Waals surface area contributed by atoms with Crippen molar-refractivity contribution in [3.63, 3.8) is 0 Å². The average Bonchev–Trinajstić information content (AvgIpc) is 2.54. The molecular weight excluding hydrogens is 318 g/mol. The Morgan fingerprint density at radius 3 is 2.74 bits per heavy atom.